The Bertz CT molecular complexity index is 713. The highest BCUT2D eigenvalue weighted by Crippen LogP contribution is 2.38. The second-order valence-corrected chi connectivity index (χ2v) is 7.57. The molecule has 138 valence electrons. The number of carbonyl (C=O) groups excluding carboxylic acids is 1. The fraction of sp³-hybridized carbons (Fsp3) is 0.458. The minimum absolute atomic E-state index is 0.485. The van der Waals surface area contributed by atoms with Gasteiger partial charge in [0.1, 0.15) is 6.29 Å². The quantitative estimate of drug-likeness (QED) is 0.356. The van der Waals surface area contributed by atoms with Crippen LogP contribution in [0.3, 0.4) is 0 Å². The molecule has 0 aromatic heterocycles. The van der Waals surface area contributed by atoms with Crippen molar-refractivity contribution in [2.24, 2.45) is 5.92 Å². The molecule has 1 heterocycles. The van der Waals surface area contributed by atoms with Crippen LogP contribution in [0.1, 0.15) is 57.1 Å². The Morgan fingerprint density at radius 1 is 1.19 bits per heavy atom. The Morgan fingerprint density at radius 3 is 2.88 bits per heavy atom. The van der Waals surface area contributed by atoms with E-state index in [0.29, 0.717) is 12.0 Å². The molecule has 2 unspecified atom stereocenters. The molecule has 0 saturated carbocycles. The summed E-state index contributed by atoms with van der Waals surface area (Å²) in [6, 6.07) is 7.17. The Balaban J connectivity index is 1.92. The molecular formula is C24H31NO. The molecule has 1 aromatic carbocycles. The van der Waals surface area contributed by atoms with Gasteiger partial charge in [-0.2, -0.15) is 0 Å². The molecule has 26 heavy (non-hydrogen) atoms. The van der Waals surface area contributed by atoms with Gasteiger partial charge >= 0.3 is 0 Å². The van der Waals surface area contributed by atoms with E-state index in [1.165, 1.54) is 36.9 Å². The molecule has 0 fully saturated rings. The Hall–Kier alpha value is -2.09. The van der Waals surface area contributed by atoms with Crippen molar-refractivity contribution in [3.05, 3.63) is 59.2 Å². The number of allylic oxidation sites excluding steroid dienone is 3. The van der Waals surface area contributed by atoms with Gasteiger partial charge in [0.2, 0.25) is 0 Å². The van der Waals surface area contributed by atoms with Crippen molar-refractivity contribution in [1.29, 1.82) is 0 Å². The van der Waals surface area contributed by atoms with Gasteiger partial charge in [-0.1, -0.05) is 63.5 Å². The van der Waals surface area contributed by atoms with E-state index >= 15 is 0 Å². The lowest BCUT2D eigenvalue weighted by Gasteiger charge is -2.38. The highest BCUT2D eigenvalue weighted by Gasteiger charge is 2.31. The standard InChI is InChI=1S/C24H31NO/c1-3-4-5-6-16-25-23-15-12-20(10-8-17-26)18-22(23)14-13-21-11-7-9-19(2)24(21)25/h7-12,15,17-19,24H,3-6,13-14,16H2,1-2H3/b10-8+. The predicted octanol–water partition coefficient (Wildman–Crippen LogP) is 5.73. The lowest BCUT2D eigenvalue weighted by atomic mass is 9.87. The van der Waals surface area contributed by atoms with Gasteiger partial charge in [0, 0.05) is 12.2 Å². The maximum absolute atomic E-state index is 10.6. The van der Waals surface area contributed by atoms with E-state index in [0.717, 1.165) is 31.2 Å². The van der Waals surface area contributed by atoms with Gasteiger partial charge in [0.15, 0.2) is 0 Å². The number of hydrogen-bond donors (Lipinski definition) is 0. The fourth-order valence-corrected chi connectivity index (χ4v) is 4.35. The van der Waals surface area contributed by atoms with Gasteiger partial charge < -0.3 is 4.90 Å². The van der Waals surface area contributed by atoms with Crippen LogP contribution in [0.25, 0.3) is 6.08 Å². The third-order valence-corrected chi connectivity index (χ3v) is 5.65. The summed E-state index contributed by atoms with van der Waals surface area (Å²) < 4.78 is 0. The highest BCUT2D eigenvalue weighted by atomic mass is 16.1. The first-order valence-corrected chi connectivity index (χ1v) is 10.1. The maximum Gasteiger partial charge on any atom is 0.142 e. The van der Waals surface area contributed by atoms with E-state index in [9.17, 15) is 4.79 Å². The zero-order valence-corrected chi connectivity index (χ0v) is 16.2. The molecule has 1 aliphatic carbocycles. The minimum atomic E-state index is 0.485. The molecule has 0 amide bonds. The summed E-state index contributed by atoms with van der Waals surface area (Å²) >= 11 is 0. The van der Waals surface area contributed by atoms with Crippen molar-refractivity contribution in [2.75, 3.05) is 11.4 Å². The third kappa shape index (κ3) is 4.17. The van der Waals surface area contributed by atoms with Crippen LogP contribution in [0.15, 0.2) is 48.1 Å². The molecule has 1 aromatic rings. The van der Waals surface area contributed by atoms with Crippen LogP contribution in [0.2, 0.25) is 0 Å². The van der Waals surface area contributed by atoms with Crippen LogP contribution in [0.5, 0.6) is 0 Å². The Kier molecular flexibility index (Phi) is 6.49. The third-order valence-electron chi connectivity index (χ3n) is 5.65. The molecular weight excluding hydrogens is 318 g/mol. The van der Waals surface area contributed by atoms with Gasteiger partial charge in [0.25, 0.3) is 0 Å². The molecule has 0 N–H and O–H groups in total. The monoisotopic (exact) mass is 349 g/mol. The molecule has 3 rings (SSSR count). The largest absolute Gasteiger partial charge is 0.364 e. The van der Waals surface area contributed by atoms with Crippen LogP contribution in [0, 0.1) is 5.92 Å². The van der Waals surface area contributed by atoms with Gasteiger partial charge in [-0.15, -0.1) is 0 Å². The summed E-state index contributed by atoms with van der Waals surface area (Å²) in [5.74, 6) is 0.543. The number of rotatable bonds is 7. The smallest absolute Gasteiger partial charge is 0.142 e. The zero-order valence-electron chi connectivity index (χ0n) is 16.2. The van der Waals surface area contributed by atoms with E-state index in [1.54, 1.807) is 11.6 Å². The van der Waals surface area contributed by atoms with Crippen LogP contribution >= 0.6 is 0 Å². The predicted molar refractivity (Wildman–Crippen MR) is 112 cm³/mol. The number of anilines is 1. The lowest BCUT2D eigenvalue weighted by Crippen LogP contribution is -2.42. The number of aryl methyl sites for hydroxylation is 1. The van der Waals surface area contributed by atoms with Gasteiger partial charge in [0.05, 0.1) is 6.04 Å². The number of benzene rings is 1. The van der Waals surface area contributed by atoms with Crippen LogP contribution in [-0.4, -0.2) is 18.9 Å². The second kappa shape index (κ2) is 9.02. The van der Waals surface area contributed by atoms with E-state index in [-0.39, 0.29) is 0 Å². The van der Waals surface area contributed by atoms with Crippen molar-refractivity contribution in [1.82, 2.24) is 0 Å². The SMILES string of the molecule is CCCCCCN1c2ccc(/C=C/C=O)cc2CCC2=CC=CC(C)C21. The van der Waals surface area contributed by atoms with E-state index in [2.05, 4.69) is 55.2 Å². The Morgan fingerprint density at radius 2 is 2.08 bits per heavy atom. The molecule has 2 aliphatic rings. The van der Waals surface area contributed by atoms with Crippen LogP contribution in [0.4, 0.5) is 5.69 Å². The average Bonchev–Trinajstić information content (AvgIpc) is 2.81. The van der Waals surface area contributed by atoms with E-state index in [4.69, 9.17) is 0 Å². The first-order valence-electron chi connectivity index (χ1n) is 10.1. The molecule has 0 bridgehead atoms. The second-order valence-electron chi connectivity index (χ2n) is 7.57. The van der Waals surface area contributed by atoms with E-state index in [1.807, 2.05) is 6.08 Å². The molecule has 1 aliphatic heterocycles. The minimum Gasteiger partial charge on any atom is -0.364 e. The van der Waals surface area contributed by atoms with E-state index < -0.39 is 0 Å². The molecule has 2 heteroatoms. The molecule has 0 radical (unpaired) electrons. The van der Waals surface area contributed by atoms with Gasteiger partial charge in [-0.25, -0.2) is 0 Å². The number of nitrogens with zero attached hydrogens (tertiary/aromatic N) is 1. The summed E-state index contributed by atoms with van der Waals surface area (Å²) in [6.07, 6.45) is 18.6. The van der Waals surface area contributed by atoms with Crippen molar-refractivity contribution >= 4 is 18.0 Å². The summed E-state index contributed by atoms with van der Waals surface area (Å²) in [4.78, 5) is 13.3. The van der Waals surface area contributed by atoms with Crippen molar-refractivity contribution in [2.45, 2.75) is 58.4 Å². The fourth-order valence-electron chi connectivity index (χ4n) is 4.35. The summed E-state index contributed by atoms with van der Waals surface area (Å²) in [5, 5.41) is 0. The number of carbonyl (C=O) groups is 1. The summed E-state index contributed by atoms with van der Waals surface area (Å²) in [7, 11) is 0. The van der Waals surface area contributed by atoms with Crippen LogP contribution < -0.4 is 4.90 Å². The molecule has 0 saturated heterocycles. The molecule has 2 nitrogen and oxygen atoms in total. The first kappa shape index (κ1) is 18.7. The summed E-state index contributed by atoms with van der Waals surface area (Å²) in [6.45, 7) is 5.74. The summed E-state index contributed by atoms with van der Waals surface area (Å²) in [5.41, 5.74) is 5.49. The van der Waals surface area contributed by atoms with Gasteiger partial charge in [-0.05, 0) is 60.1 Å². The van der Waals surface area contributed by atoms with Gasteiger partial charge in [-0.3, -0.25) is 4.79 Å². The average molecular weight is 350 g/mol. The number of fused-ring (bicyclic) bond motifs is 2. The normalized spacial score (nSPS) is 21.9. The highest BCUT2D eigenvalue weighted by molar-refractivity contribution is 5.75. The van der Waals surface area contributed by atoms with Crippen LogP contribution in [-0.2, 0) is 11.2 Å². The number of unbranched alkanes of at least 4 members (excludes halogenated alkanes) is 3. The topological polar surface area (TPSA) is 20.3 Å². The van der Waals surface area contributed by atoms with Crippen molar-refractivity contribution in [3.63, 3.8) is 0 Å². The Labute approximate surface area is 158 Å². The van der Waals surface area contributed by atoms with Crippen molar-refractivity contribution < 1.29 is 4.79 Å². The number of aldehydes is 1. The molecule has 0 spiro atoms. The molecule has 2 atom stereocenters. The van der Waals surface area contributed by atoms with Crippen molar-refractivity contribution in [3.8, 4) is 0 Å². The number of hydrogen-bond acceptors (Lipinski definition) is 2. The first-order chi connectivity index (χ1) is 12.7. The lowest BCUT2D eigenvalue weighted by molar-refractivity contribution is -0.104. The zero-order chi connectivity index (χ0) is 18.4. The maximum atomic E-state index is 10.6.